The Kier molecular flexibility index (Phi) is 4.16. The summed E-state index contributed by atoms with van der Waals surface area (Å²) < 4.78 is 29.1. The molecular formula is C21H18F2N4O2. The molecule has 5 rings (SSSR count). The molecule has 1 saturated carbocycles. The molecule has 0 aliphatic heterocycles. The van der Waals surface area contributed by atoms with Gasteiger partial charge >= 0.3 is 0 Å². The third-order valence-electron chi connectivity index (χ3n) is 5.64. The molecule has 0 radical (unpaired) electrons. The lowest BCUT2D eigenvalue weighted by atomic mass is 10.1. The summed E-state index contributed by atoms with van der Waals surface area (Å²) in [6.07, 6.45) is 3.95. The van der Waals surface area contributed by atoms with Gasteiger partial charge in [-0.2, -0.15) is 5.10 Å². The summed E-state index contributed by atoms with van der Waals surface area (Å²) in [5, 5.41) is 17.3. The molecule has 3 aromatic rings. The zero-order chi connectivity index (χ0) is 20.1. The second kappa shape index (κ2) is 6.73. The van der Waals surface area contributed by atoms with Crippen molar-refractivity contribution in [3.8, 4) is 5.69 Å². The fourth-order valence-corrected chi connectivity index (χ4v) is 4.10. The number of aliphatic hydroxyl groups is 1. The van der Waals surface area contributed by atoms with Gasteiger partial charge in [-0.25, -0.2) is 13.5 Å². The average Bonchev–Trinajstić information content (AvgIpc) is 3.23. The molecule has 1 unspecified atom stereocenters. The number of nitrogens with zero attached hydrogens (tertiary/aromatic N) is 3. The molecule has 2 aromatic heterocycles. The van der Waals surface area contributed by atoms with Gasteiger partial charge in [0.1, 0.15) is 11.5 Å². The largest absolute Gasteiger partial charge is 0.387 e. The fraction of sp³-hybridized carbons (Fsp3) is 0.286. The Balaban J connectivity index is 1.42. The molecule has 1 fully saturated rings. The lowest BCUT2D eigenvalue weighted by Crippen LogP contribution is -2.29. The van der Waals surface area contributed by atoms with Crippen LogP contribution in [0.1, 0.15) is 45.8 Å². The molecule has 1 aromatic carbocycles. The number of nitrogens with one attached hydrogen (secondary N) is 1. The number of halogens is 2. The van der Waals surface area contributed by atoms with Gasteiger partial charge in [0.05, 0.1) is 11.8 Å². The van der Waals surface area contributed by atoms with Crippen LogP contribution in [0.5, 0.6) is 0 Å². The Morgan fingerprint density at radius 1 is 1.34 bits per heavy atom. The minimum Gasteiger partial charge on any atom is -0.387 e. The highest BCUT2D eigenvalue weighted by Crippen LogP contribution is 2.57. The van der Waals surface area contributed by atoms with Crippen molar-refractivity contribution in [3.05, 3.63) is 76.9 Å². The van der Waals surface area contributed by atoms with Gasteiger partial charge < -0.3 is 10.4 Å². The van der Waals surface area contributed by atoms with Gasteiger partial charge in [0.15, 0.2) is 11.5 Å². The molecule has 29 heavy (non-hydrogen) atoms. The van der Waals surface area contributed by atoms with Crippen molar-refractivity contribution in [1.82, 2.24) is 20.1 Å². The molecule has 8 heteroatoms. The van der Waals surface area contributed by atoms with Gasteiger partial charge in [0.2, 0.25) is 0 Å². The van der Waals surface area contributed by atoms with Crippen LogP contribution in [-0.4, -0.2) is 32.3 Å². The Hall–Kier alpha value is -3.13. The van der Waals surface area contributed by atoms with Crippen LogP contribution in [0.2, 0.25) is 0 Å². The maximum atomic E-state index is 14.4. The Morgan fingerprint density at radius 2 is 2.21 bits per heavy atom. The average molecular weight is 396 g/mol. The van der Waals surface area contributed by atoms with Gasteiger partial charge in [0, 0.05) is 42.0 Å². The molecule has 0 spiro atoms. The quantitative estimate of drug-likeness (QED) is 0.695. The van der Waals surface area contributed by atoms with Gasteiger partial charge in [-0.15, -0.1) is 0 Å². The number of pyridine rings is 1. The lowest BCUT2D eigenvalue weighted by Gasteiger charge is -2.11. The summed E-state index contributed by atoms with van der Waals surface area (Å²) in [5.74, 6) is -1.11. The number of benzene rings is 1. The van der Waals surface area contributed by atoms with E-state index in [1.807, 2.05) is 0 Å². The number of hydrogen-bond donors (Lipinski definition) is 2. The number of hydrogen-bond acceptors (Lipinski definition) is 4. The van der Waals surface area contributed by atoms with Crippen molar-refractivity contribution in [2.45, 2.75) is 24.9 Å². The van der Waals surface area contributed by atoms with Crippen LogP contribution in [0.15, 0.2) is 42.7 Å². The number of aromatic nitrogens is 3. The number of carbonyl (C=O) groups is 1. The highest BCUT2D eigenvalue weighted by Gasteiger charge is 2.50. The monoisotopic (exact) mass is 396 g/mol. The SMILES string of the molecule is O=C(NCC(O)c1cccnc1)c1nn(-c2ccc(F)cc2F)c2c1C[C@H]1C[C@@H]21. The predicted octanol–water partition coefficient (Wildman–Crippen LogP) is 2.67. The first-order valence-corrected chi connectivity index (χ1v) is 9.46. The highest BCUT2D eigenvalue weighted by atomic mass is 19.1. The number of aliphatic hydroxyl groups excluding tert-OH is 1. The van der Waals surface area contributed by atoms with Crippen LogP contribution in [0, 0.1) is 17.6 Å². The number of rotatable bonds is 5. The van der Waals surface area contributed by atoms with E-state index >= 15 is 0 Å². The molecule has 0 bridgehead atoms. The van der Waals surface area contributed by atoms with E-state index in [9.17, 15) is 18.7 Å². The third-order valence-corrected chi connectivity index (χ3v) is 5.64. The highest BCUT2D eigenvalue weighted by molar-refractivity contribution is 5.94. The van der Waals surface area contributed by atoms with Crippen LogP contribution in [0.25, 0.3) is 5.69 Å². The fourth-order valence-electron chi connectivity index (χ4n) is 4.10. The van der Waals surface area contributed by atoms with E-state index < -0.39 is 23.6 Å². The Bertz CT molecular complexity index is 1100. The predicted molar refractivity (Wildman–Crippen MR) is 99.6 cm³/mol. The topological polar surface area (TPSA) is 80.0 Å². The van der Waals surface area contributed by atoms with Crippen LogP contribution in [0.3, 0.4) is 0 Å². The van der Waals surface area contributed by atoms with Crippen molar-refractivity contribution < 1.29 is 18.7 Å². The molecule has 6 nitrogen and oxygen atoms in total. The van der Waals surface area contributed by atoms with Crippen LogP contribution in [0.4, 0.5) is 8.78 Å². The summed E-state index contributed by atoms with van der Waals surface area (Å²) in [6, 6.07) is 6.75. The third kappa shape index (κ3) is 3.09. The summed E-state index contributed by atoms with van der Waals surface area (Å²) in [7, 11) is 0. The number of fused-ring (bicyclic) bond motifs is 3. The van der Waals surface area contributed by atoms with Crippen LogP contribution in [-0.2, 0) is 6.42 Å². The second-order valence-electron chi connectivity index (χ2n) is 7.54. The minimum absolute atomic E-state index is 0.00390. The summed E-state index contributed by atoms with van der Waals surface area (Å²) in [5.41, 5.74) is 2.60. The lowest BCUT2D eigenvalue weighted by molar-refractivity contribution is 0.0909. The van der Waals surface area contributed by atoms with E-state index in [1.54, 1.807) is 18.3 Å². The zero-order valence-electron chi connectivity index (χ0n) is 15.3. The molecule has 1 amide bonds. The Labute approximate surface area is 165 Å². The molecule has 148 valence electrons. The minimum atomic E-state index is -0.897. The van der Waals surface area contributed by atoms with Crippen molar-refractivity contribution >= 4 is 5.91 Å². The first-order chi connectivity index (χ1) is 14.0. The maximum Gasteiger partial charge on any atom is 0.272 e. The van der Waals surface area contributed by atoms with Gasteiger partial charge in [-0.05, 0) is 37.0 Å². The van der Waals surface area contributed by atoms with E-state index in [-0.39, 0.29) is 23.8 Å². The molecule has 2 N–H and O–H groups in total. The smallest absolute Gasteiger partial charge is 0.272 e. The van der Waals surface area contributed by atoms with E-state index in [2.05, 4.69) is 15.4 Å². The van der Waals surface area contributed by atoms with Crippen molar-refractivity contribution in [3.63, 3.8) is 0 Å². The molecule has 0 saturated heterocycles. The Morgan fingerprint density at radius 3 is 2.97 bits per heavy atom. The normalized spacial score (nSPS) is 20.1. The first kappa shape index (κ1) is 17.9. The summed E-state index contributed by atoms with van der Waals surface area (Å²) >= 11 is 0. The standard InChI is InChI=1S/C21H18F2N4O2/c22-13-3-4-17(16(23)8-13)27-20-14-6-12(14)7-15(20)19(26-27)21(29)25-10-18(28)11-2-1-5-24-9-11/h1-5,8-9,12,14,18,28H,6-7,10H2,(H,25,29)/t12-,14-,18?/m1/s1. The molecular weight excluding hydrogens is 378 g/mol. The van der Waals surface area contributed by atoms with Crippen LogP contribution >= 0.6 is 0 Å². The molecule has 2 heterocycles. The van der Waals surface area contributed by atoms with E-state index in [1.165, 1.54) is 23.0 Å². The maximum absolute atomic E-state index is 14.4. The zero-order valence-corrected chi connectivity index (χ0v) is 15.3. The number of carbonyl (C=O) groups excluding carboxylic acids is 1. The van der Waals surface area contributed by atoms with E-state index in [0.717, 1.165) is 30.2 Å². The van der Waals surface area contributed by atoms with E-state index in [0.29, 0.717) is 11.5 Å². The number of amides is 1. The first-order valence-electron chi connectivity index (χ1n) is 9.46. The van der Waals surface area contributed by atoms with Gasteiger partial charge in [-0.1, -0.05) is 6.07 Å². The van der Waals surface area contributed by atoms with Crippen LogP contribution < -0.4 is 5.32 Å². The van der Waals surface area contributed by atoms with Gasteiger partial charge in [-0.3, -0.25) is 9.78 Å². The summed E-state index contributed by atoms with van der Waals surface area (Å²) in [4.78, 5) is 16.7. The van der Waals surface area contributed by atoms with E-state index in [4.69, 9.17) is 0 Å². The van der Waals surface area contributed by atoms with Crippen molar-refractivity contribution in [2.24, 2.45) is 5.92 Å². The van der Waals surface area contributed by atoms with Crippen molar-refractivity contribution in [1.29, 1.82) is 0 Å². The molecule has 2 aliphatic rings. The second-order valence-corrected chi connectivity index (χ2v) is 7.54. The van der Waals surface area contributed by atoms with Gasteiger partial charge in [0.25, 0.3) is 5.91 Å². The summed E-state index contributed by atoms with van der Waals surface area (Å²) in [6.45, 7) is 0.00390. The van der Waals surface area contributed by atoms with Crippen molar-refractivity contribution in [2.75, 3.05) is 6.54 Å². The molecule has 3 atom stereocenters. The molecule has 2 aliphatic carbocycles.